The van der Waals surface area contributed by atoms with Crippen molar-refractivity contribution in [2.45, 2.75) is 0 Å². The molecule has 0 saturated carbocycles. The molecular weight excluding hydrogens is 426 g/mol. The zero-order valence-electron chi connectivity index (χ0n) is 16.0. The number of thiazole rings is 1. The van der Waals surface area contributed by atoms with E-state index in [4.69, 9.17) is 4.74 Å². The van der Waals surface area contributed by atoms with Crippen molar-refractivity contribution in [2.75, 3.05) is 23.4 Å². The van der Waals surface area contributed by atoms with E-state index in [1.165, 1.54) is 35.6 Å². The van der Waals surface area contributed by atoms with Crippen molar-refractivity contribution in [2.24, 2.45) is 0 Å². The van der Waals surface area contributed by atoms with Gasteiger partial charge >= 0.3 is 0 Å². The summed E-state index contributed by atoms with van der Waals surface area (Å²) >= 11 is 1.41. The number of carbonyl (C=O) groups excluding carboxylic acids is 1. The first-order valence-electron chi connectivity index (χ1n) is 8.70. The monoisotopic (exact) mass is 443 g/mol. The highest BCUT2D eigenvalue weighted by Gasteiger charge is 2.14. The van der Waals surface area contributed by atoms with Gasteiger partial charge in [0.25, 0.3) is 11.9 Å². The number of nitrogens with one attached hydrogen (secondary N) is 2. The summed E-state index contributed by atoms with van der Waals surface area (Å²) in [5.74, 6) is 0.541. The van der Waals surface area contributed by atoms with Crippen LogP contribution < -0.4 is 14.8 Å². The van der Waals surface area contributed by atoms with Gasteiger partial charge in [-0.3, -0.25) is 14.8 Å². The van der Waals surface area contributed by atoms with Crippen molar-refractivity contribution in [3.05, 3.63) is 59.5 Å². The third-order valence-electron chi connectivity index (χ3n) is 4.14. The Morgan fingerprint density at radius 3 is 2.43 bits per heavy atom. The summed E-state index contributed by atoms with van der Waals surface area (Å²) in [6.45, 7) is 0. The molecule has 0 bridgehead atoms. The summed E-state index contributed by atoms with van der Waals surface area (Å²) in [4.78, 5) is 17.5. The van der Waals surface area contributed by atoms with Gasteiger partial charge in [-0.2, -0.15) is 4.98 Å². The number of benzene rings is 2. The topological polar surface area (TPSA) is 115 Å². The lowest BCUT2D eigenvalue weighted by Gasteiger charge is -2.05. The summed E-state index contributed by atoms with van der Waals surface area (Å²) in [7, 11) is -1.77. The van der Waals surface area contributed by atoms with Gasteiger partial charge in [0.05, 0.1) is 19.1 Å². The van der Waals surface area contributed by atoms with Gasteiger partial charge in [0.1, 0.15) is 5.75 Å². The largest absolute Gasteiger partial charge is 0.497 e. The molecule has 2 N–H and O–H groups in total. The van der Waals surface area contributed by atoms with Gasteiger partial charge in [0.2, 0.25) is 15.0 Å². The molecule has 0 fully saturated rings. The Balaban J connectivity index is 1.52. The predicted octanol–water partition coefficient (Wildman–Crippen LogP) is 3.09. The summed E-state index contributed by atoms with van der Waals surface area (Å²) in [6.07, 6.45) is 1.06. The van der Waals surface area contributed by atoms with Crippen LogP contribution >= 0.6 is 11.3 Å². The zero-order valence-corrected chi connectivity index (χ0v) is 17.6. The normalized spacial score (nSPS) is 11.4. The van der Waals surface area contributed by atoms with Crippen LogP contribution in [0.5, 0.6) is 5.75 Å². The second-order valence-electron chi connectivity index (χ2n) is 6.38. The maximum Gasteiger partial charge on any atom is 0.258 e. The van der Waals surface area contributed by atoms with Crippen LogP contribution in [0.4, 0.5) is 11.6 Å². The third kappa shape index (κ3) is 4.26. The summed E-state index contributed by atoms with van der Waals surface area (Å²) in [5.41, 5.74) is 2.52. The first-order chi connectivity index (χ1) is 14.3. The predicted molar refractivity (Wildman–Crippen MR) is 116 cm³/mol. The van der Waals surface area contributed by atoms with Gasteiger partial charge in [-0.15, -0.1) is 16.4 Å². The van der Waals surface area contributed by atoms with E-state index < -0.39 is 15.9 Å². The van der Waals surface area contributed by atoms with Crippen LogP contribution in [0.1, 0.15) is 10.4 Å². The Bertz CT molecular complexity index is 1310. The molecule has 154 valence electrons. The lowest BCUT2D eigenvalue weighted by atomic mass is 10.2. The number of rotatable bonds is 6. The summed E-state index contributed by atoms with van der Waals surface area (Å²) < 4.78 is 31.7. The van der Waals surface area contributed by atoms with E-state index in [2.05, 4.69) is 20.1 Å². The number of sulfonamides is 1. The van der Waals surface area contributed by atoms with Crippen molar-refractivity contribution in [1.29, 1.82) is 0 Å². The minimum atomic E-state index is -3.38. The van der Waals surface area contributed by atoms with Gasteiger partial charge in [-0.25, -0.2) is 12.9 Å². The molecule has 0 aliphatic heterocycles. The molecule has 0 saturated heterocycles. The molecule has 0 aliphatic carbocycles. The molecule has 9 nitrogen and oxygen atoms in total. The fourth-order valence-electron chi connectivity index (χ4n) is 2.77. The Morgan fingerprint density at radius 2 is 1.80 bits per heavy atom. The smallest absolute Gasteiger partial charge is 0.258 e. The molecule has 0 atom stereocenters. The fourth-order valence-corrected chi connectivity index (χ4v) is 4.17. The first-order valence-corrected chi connectivity index (χ1v) is 11.5. The van der Waals surface area contributed by atoms with Crippen molar-refractivity contribution >= 4 is 43.9 Å². The van der Waals surface area contributed by atoms with E-state index in [1.807, 2.05) is 29.6 Å². The summed E-state index contributed by atoms with van der Waals surface area (Å²) in [5, 5.41) is 8.99. The van der Waals surface area contributed by atoms with E-state index in [0.29, 0.717) is 16.2 Å². The van der Waals surface area contributed by atoms with Gasteiger partial charge in [-0.05, 0) is 48.5 Å². The molecule has 2 heterocycles. The average Bonchev–Trinajstić information content (AvgIpc) is 3.27. The van der Waals surface area contributed by atoms with E-state index in [0.717, 1.165) is 23.3 Å². The lowest BCUT2D eigenvalue weighted by Crippen LogP contribution is -2.14. The maximum atomic E-state index is 12.5. The average molecular weight is 444 g/mol. The molecular formula is C19H17N5O4S2. The number of nitrogens with zero attached hydrogens (tertiary/aromatic N) is 3. The number of fused-ring (bicyclic) bond motifs is 1. The minimum absolute atomic E-state index is 0.181. The van der Waals surface area contributed by atoms with Crippen LogP contribution in [0.2, 0.25) is 0 Å². The number of methoxy groups -OCH3 is 1. The zero-order chi connectivity index (χ0) is 21.3. The number of carbonyl (C=O) groups is 1. The highest BCUT2D eigenvalue weighted by Crippen LogP contribution is 2.27. The second kappa shape index (κ2) is 7.76. The van der Waals surface area contributed by atoms with Crippen LogP contribution in [0, 0.1) is 0 Å². The highest BCUT2D eigenvalue weighted by atomic mass is 32.2. The fraction of sp³-hybridized carbons (Fsp3) is 0.105. The number of ether oxygens (including phenoxy) is 1. The number of hydrogen-bond donors (Lipinski definition) is 2. The van der Waals surface area contributed by atoms with Crippen molar-refractivity contribution in [1.82, 2.24) is 14.6 Å². The van der Waals surface area contributed by atoms with E-state index >= 15 is 0 Å². The SMILES string of the molecule is COc1ccc(-c2csc3nc(NC(=O)c4ccc(NS(C)(=O)=O)cc4)nn23)cc1. The Labute approximate surface area is 176 Å². The number of hydrogen-bond acceptors (Lipinski definition) is 7. The molecule has 0 radical (unpaired) electrons. The molecule has 2 aromatic carbocycles. The molecule has 30 heavy (non-hydrogen) atoms. The van der Waals surface area contributed by atoms with Crippen LogP contribution in [0.3, 0.4) is 0 Å². The Kier molecular flexibility index (Phi) is 5.14. The molecule has 1 amide bonds. The molecule has 0 spiro atoms. The van der Waals surface area contributed by atoms with E-state index in [1.54, 1.807) is 11.6 Å². The van der Waals surface area contributed by atoms with Crippen LogP contribution in [-0.4, -0.2) is 42.3 Å². The standard InChI is InChI=1S/C19H17N5O4S2/c1-28-15-9-5-12(6-10-15)16-11-29-19-21-18(22-24(16)19)20-17(25)13-3-7-14(8-4-13)23-30(2,26)27/h3-11,23H,1-2H3,(H,20,22,25). The maximum absolute atomic E-state index is 12.5. The molecule has 4 aromatic rings. The second-order valence-corrected chi connectivity index (χ2v) is 8.97. The molecule has 11 heteroatoms. The summed E-state index contributed by atoms with van der Waals surface area (Å²) in [6, 6.07) is 13.6. The molecule has 0 unspecified atom stereocenters. The van der Waals surface area contributed by atoms with Crippen LogP contribution in [0.25, 0.3) is 16.2 Å². The Morgan fingerprint density at radius 1 is 1.10 bits per heavy atom. The molecule has 0 aliphatic rings. The number of anilines is 2. The third-order valence-corrected chi connectivity index (χ3v) is 5.57. The van der Waals surface area contributed by atoms with Crippen molar-refractivity contribution < 1.29 is 17.9 Å². The Hall–Kier alpha value is -3.44. The van der Waals surface area contributed by atoms with Crippen LogP contribution in [-0.2, 0) is 10.0 Å². The first kappa shape index (κ1) is 19.9. The van der Waals surface area contributed by atoms with Gasteiger partial charge in [0.15, 0.2) is 0 Å². The van der Waals surface area contributed by atoms with Gasteiger partial charge in [-0.1, -0.05) is 0 Å². The van der Waals surface area contributed by atoms with Crippen LogP contribution in [0.15, 0.2) is 53.9 Å². The quantitative estimate of drug-likeness (QED) is 0.473. The lowest BCUT2D eigenvalue weighted by molar-refractivity contribution is 0.102. The van der Waals surface area contributed by atoms with Crippen molar-refractivity contribution in [3.63, 3.8) is 0 Å². The number of amides is 1. The van der Waals surface area contributed by atoms with Crippen molar-refractivity contribution in [3.8, 4) is 17.0 Å². The van der Waals surface area contributed by atoms with Gasteiger partial charge < -0.3 is 4.74 Å². The van der Waals surface area contributed by atoms with Gasteiger partial charge in [0, 0.05) is 22.2 Å². The molecule has 4 rings (SSSR count). The van der Waals surface area contributed by atoms with E-state index in [-0.39, 0.29) is 5.95 Å². The highest BCUT2D eigenvalue weighted by molar-refractivity contribution is 7.92. The minimum Gasteiger partial charge on any atom is -0.497 e. The number of aromatic nitrogens is 3. The molecule has 2 aromatic heterocycles. The van der Waals surface area contributed by atoms with E-state index in [9.17, 15) is 13.2 Å².